The van der Waals surface area contributed by atoms with Gasteiger partial charge in [0.2, 0.25) is 17.8 Å². The van der Waals surface area contributed by atoms with Crippen LogP contribution in [-0.2, 0) is 0 Å². The third-order valence-corrected chi connectivity index (χ3v) is 6.33. The molecule has 2 heterocycles. The Morgan fingerprint density at radius 2 is 1.08 bits per heavy atom. The van der Waals surface area contributed by atoms with Crippen molar-refractivity contribution < 1.29 is 14.2 Å². The van der Waals surface area contributed by atoms with Gasteiger partial charge in [0.1, 0.15) is 17.2 Å². The monoisotopic (exact) mass is 513 g/mol. The van der Waals surface area contributed by atoms with Gasteiger partial charge in [-0.15, -0.1) is 0 Å². The average molecular weight is 514 g/mol. The second-order valence-electron chi connectivity index (χ2n) is 8.61. The molecule has 0 saturated carbocycles. The van der Waals surface area contributed by atoms with Gasteiger partial charge in [-0.3, -0.25) is 0 Å². The maximum Gasteiger partial charge on any atom is 0.233 e. The first-order chi connectivity index (χ1) is 18.7. The van der Waals surface area contributed by atoms with Gasteiger partial charge in [0.05, 0.1) is 32.7 Å². The minimum atomic E-state index is 0.412. The number of hydrogen-bond acceptors (Lipinski definition) is 10. The topological polar surface area (TPSA) is 96.9 Å². The molecule has 3 aromatic carbocycles. The quantitative estimate of drug-likeness (QED) is 0.327. The molecule has 0 radical (unpaired) electrons. The lowest BCUT2D eigenvalue weighted by molar-refractivity contribution is 0.415. The number of piperazine rings is 1. The lowest BCUT2D eigenvalue weighted by Crippen LogP contribution is -2.47. The summed E-state index contributed by atoms with van der Waals surface area (Å²) in [7, 11) is 4.95. The SMILES string of the molecule is COc1ccc(N2CCN(c3nc(Nc4ccccc4OC)nc(Nc4ccccc4OC)n3)CC2)cc1. The van der Waals surface area contributed by atoms with Crippen molar-refractivity contribution in [3.63, 3.8) is 0 Å². The van der Waals surface area contributed by atoms with E-state index < -0.39 is 0 Å². The molecule has 5 rings (SSSR count). The van der Waals surface area contributed by atoms with Crippen molar-refractivity contribution in [2.24, 2.45) is 0 Å². The predicted octanol–water partition coefficient (Wildman–Crippen LogP) is 4.71. The van der Waals surface area contributed by atoms with Gasteiger partial charge in [0.15, 0.2) is 0 Å². The number of aromatic nitrogens is 3. The van der Waals surface area contributed by atoms with E-state index in [2.05, 4.69) is 37.6 Å². The second kappa shape index (κ2) is 11.5. The first-order valence-corrected chi connectivity index (χ1v) is 12.4. The lowest BCUT2D eigenvalue weighted by atomic mass is 10.2. The normalized spacial score (nSPS) is 13.1. The first-order valence-electron chi connectivity index (χ1n) is 12.4. The van der Waals surface area contributed by atoms with Crippen LogP contribution in [-0.4, -0.2) is 62.5 Å². The highest BCUT2D eigenvalue weighted by molar-refractivity contribution is 5.66. The molecule has 10 nitrogen and oxygen atoms in total. The molecule has 10 heteroatoms. The zero-order valence-corrected chi connectivity index (χ0v) is 21.7. The lowest BCUT2D eigenvalue weighted by Gasteiger charge is -2.36. The van der Waals surface area contributed by atoms with Crippen molar-refractivity contribution in [1.29, 1.82) is 0 Å². The summed E-state index contributed by atoms with van der Waals surface area (Å²) in [5, 5.41) is 6.59. The smallest absolute Gasteiger partial charge is 0.233 e. The molecule has 0 aliphatic carbocycles. The number of nitrogens with one attached hydrogen (secondary N) is 2. The van der Waals surface area contributed by atoms with Crippen molar-refractivity contribution in [2.45, 2.75) is 0 Å². The van der Waals surface area contributed by atoms with Crippen LogP contribution in [0.15, 0.2) is 72.8 Å². The summed E-state index contributed by atoms with van der Waals surface area (Å²) in [5.74, 6) is 3.65. The fourth-order valence-corrected chi connectivity index (χ4v) is 4.31. The van der Waals surface area contributed by atoms with Gasteiger partial charge >= 0.3 is 0 Å². The van der Waals surface area contributed by atoms with E-state index >= 15 is 0 Å². The Balaban J connectivity index is 1.40. The molecule has 0 amide bonds. The van der Waals surface area contributed by atoms with Crippen molar-refractivity contribution in [1.82, 2.24) is 15.0 Å². The van der Waals surface area contributed by atoms with Crippen LogP contribution < -0.4 is 34.6 Å². The van der Waals surface area contributed by atoms with E-state index in [1.165, 1.54) is 0 Å². The Morgan fingerprint density at radius 1 is 0.579 bits per heavy atom. The molecule has 0 atom stereocenters. The van der Waals surface area contributed by atoms with E-state index in [1.54, 1.807) is 21.3 Å². The summed E-state index contributed by atoms with van der Waals surface area (Å²) < 4.78 is 16.3. The fraction of sp³-hybridized carbons (Fsp3) is 0.250. The van der Waals surface area contributed by atoms with Gasteiger partial charge in [-0.2, -0.15) is 15.0 Å². The number of nitrogens with zero attached hydrogens (tertiary/aromatic N) is 5. The highest BCUT2D eigenvalue weighted by Gasteiger charge is 2.21. The first kappa shape index (κ1) is 24.9. The van der Waals surface area contributed by atoms with Crippen molar-refractivity contribution in [3.8, 4) is 17.2 Å². The van der Waals surface area contributed by atoms with Gasteiger partial charge in [-0.1, -0.05) is 24.3 Å². The minimum absolute atomic E-state index is 0.412. The third kappa shape index (κ3) is 5.64. The van der Waals surface area contributed by atoms with Crippen molar-refractivity contribution >= 4 is 34.9 Å². The molecule has 0 bridgehead atoms. The van der Waals surface area contributed by atoms with Gasteiger partial charge in [-0.25, -0.2) is 0 Å². The molecule has 1 aliphatic heterocycles. The number of rotatable bonds is 9. The van der Waals surface area contributed by atoms with Crippen LogP contribution in [0.4, 0.5) is 34.9 Å². The number of para-hydroxylation sites is 4. The zero-order chi connectivity index (χ0) is 26.3. The summed E-state index contributed by atoms with van der Waals surface area (Å²) in [4.78, 5) is 18.7. The van der Waals surface area contributed by atoms with E-state index in [0.29, 0.717) is 29.3 Å². The molecule has 1 aliphatic rings. The van der Waals surface area contributed by atoms with E-state index in [9.17, 15) is 0 Å². The van der Waals surface area contributed by atoms with E-state index in [0.717, 1.165) is 49.0 Å². The van der Waals surface area contributed by atoms with Gasteiger partial charge in [-0.05, 0) is 48.5 Å². The molecule has 38 heavy (non-hydrogen) atoms. The van der Waals surface area contributed by atoms with Gasteiger partial charge < -0.3 is 34.6 Å². The Hall–Kier alpha value is -4.73. The van der Waals surface area contributed by atoms with Crippen molar-refractivity contribution in [3.05, 3.63) is 72.8 Å². The molecule has 1 saturated heterocycles. The summed E-state index contributed by atoms with van der Waals surface area (Å²) in [6, 6.07) is 23.4. The molecule has 2 N–H and O–H groups in total. The van der Waals surface area contributed by atoms with Gasteiger partial charge in [0.25, 0.3) is 0 Å². The zero-order valence-electron chi connectivity index (χ0n) is 21.7. The molecule has 0 spiro atoms. The van der Waals surface area contributed by atoms with Crippen LogP contribution in [0.1, 0.15) is 0 Å². The number of hydrogen-bond donors (Lipinski definition) is 2. The van der Waals surface area contributed by atoms with Crippen molar-refractivity contribution in [2.75, 3.05) is 67.9 Å². The van der Waals surface area contributed by atoms with E-state index in [1.807, 2.05) is 60.7 Å². The van der Waals surface area contributed by atoms with E-state index in [-0.39, 0.29) is 0 Å². The Morgan fingerprint density at radius 3 is 1.58 bits per heavy atom. The molecule has 4 aromatic rings. The predicted molar refractivity (Wildman–Crippen MR) is 150 cm³/mol. The molecule has 1 aromatic heterocycles. The van der Waals surface area contributed by atoms with Gasteiger partial charge in [0, 0.05) is 31.9 Å². The Bertz CT molecular complexity index is 1290. The van der Waals surface area contributed by atoms with E-state index in [4.69, 9.17) is 24.2 Å². The summed E-state index contributed by atoms with van der Waals surface area (Å²) in [5.41, 5.74) is 2.69. The molecular formula is C28H31N7O3. The third-order valence-electron chi connectivity index (χ3n) is 6.33. The van der Waals surface area contributed by atoms with Crippen LogP contribution in [0.5, 0.6) is 17.2 Å². The van der Waals surface area contributed by atoms with Crippen LogP contribution in [0.2, 0.25) is 0 Å². The number of methoxy groups -OCH3 is 3. The average Bonchev–Trinajstić information content (AvgIpc) is 2.98. The molecule has 1 fully saturated rings. The summed E-state index contributed by atoms with van der Waals surface area (Å²) >= 11 is 0. The Labute approximate surface area is 222 Å². The number of anilines is 6. The summed E-state index contributed by atoms with van der Waals surface area (Å²) in [6.07, 6.45) is 0. The molecule has 196 valence electrons. The molecule has 0 unspecified atom stereocenters. The van der Waals surface area contributed by atoms with Crippen LogP contribution in [0.25, 0.3) is 0 Å². The standard InChI is InChI=1S/C28H31N7O3/c1-36-21-14-12-20(13-15-21)34-16-18-35(19-17-34)28-32-26(29-22-8-4-6-10-24(22)37-2)31-27(33-28)30-23-9-5-7-11-25(23)38-3/h4-15H,16-19H2,1-3H3,(H2,29,30,31,32,33). The number of benzene rings is 3. The highest BCUT2D eigenvalue weighted by atomic mass is 16.5. The van der Waals surface area contributed by atoms with Crippen LogP contribution in [0.3, 0.4) is 0 Å². The fourth-order valence-electron chi connectivity index (χ4n) is 4.31. The number of ether oxygens (including phenoxy) is 3. The largest absolute Gasteiger partial charge is 0.497 e. The van der Waals surface area contributed by atoms with Crippen LogP contribution in [0, 0.1) is 0 Å². The summed E-state index contributed by atoms with van der Waals surface area (Å²) in [6.45, 7) is 3.20. The highest BCUT2D eigenvalue weighted by Crippen LogP contribution is 2.30. The maximum atomic E-state index is 5.50. The maximum absolute atomic E-state index is 5.50. The second-order valence-corrected chi connectivity index (χ2v) is 8.61. The Kier molecular flexibility index (Phi) is 7.58. The molecular weight excluding hydrogens is 482 g/mol. The minimum Gasteiger partial charge on any atom is -0.497 e. The van der Waals surface area contributed by atoms with Crippen LogP contribution >= 0.6 is 0 Å².